The van der Waals surface area contributed by atoms with Crippen molar-refractivity contribution < 1.29 is 19.0 Å². The van der Waals surface area contributed by atoms with Crippen LogP contribution in [0.4, 0.5) is 0 Å². The Labute approximate surface area is 184 Å². The highest BCUT2D eigenvalue weighted by atomic mass is 35.5. The minimum Gasteiger partial charge on any atom is -0.482 e. The summed E-state index contributed by atoms with van der Waals surface area (Å²) >= 11 is 6.10. The van der Waals surface area contributed by atoms with Crippen LogP contribution in [0.25, 0.3) is 0 Å². The van der Waals surface area contributed by atoms with E-state index in [2.05, 4.69) is 17.0 Å². The molecular weight excluding hydrogens is 413 g/mol. The molecule has 2 aromatic rings. The zero-order valence-electron chi connectivity index (χ0n) is 17.0. The van der Waals surface area contributed by atoms with Crippen LogP contribution in [-0.2, 0) is 14.3 Å². The fourth-order valence-electron chi connectivity index (χ4n) is 2.82. The van der Waals surface area contributed by atoms with Crippen LogP contribution in [0.5, 0.6) is 5.75 Å². The van der Waals surface area contributed by atoms with E-state index < -0.39 is 5.97 Å². The van der Waals surface area contributed by atoms with E-state index in [9.17, 15) is 4.79 Å². The highest BCUT2D eigenvalue weighted by molar-refractivity contribution is 6.30. The summed E-state index contributed by atoms with van der Waals surface area (Å²) in [6.07, 6.45) is -0.0370. The molecule has 1 N–H and O–H groups in total. The van der Waals surface area contributed by atoms with Crippen molar-refractivity contribution in [2.75, 3.05) is 33.4 Å². The van der Waals surface area contributed by atoms with Gasteiger partial charge in [0, 0.05) is 24.7 Å². The lowest BCUT2D eigenvalue weighted by atomic mass is 10.0. The molecule has 0 fully saturated rings. The van der Waals surface area contributed by atoms with E-state index >= 15 is 0 Å². The van der Waals surface area contributed by atoms with Crippen LogP contribution in [0.3, 0.4) is 0 Å². The van der Waals surface area contributed by atoms with Gasteiger partial charge in [-0.3, -0.25) is 0 Å². The molecule has 0 amide bonds. The van der Waals surface area contributed by atoms with E-state index in [-0.39, 0.29) is 25.1 Å². The number of halogens is 2. The van der Waals surface area contributed by atoms with Crippen molar-refractivity contribution in [2.45, 2.75) is 25.9 Å². The number of nitrogens with one attached hydrogen (secondary N) is 1. The first-order valence-electron chi connectivity index (χ1n) is 9.40. The number of hydrogen-bond acceptors (Lipinski definition) is 5. The van der Waals surface area contributed by atoms with E-state index in [1.54, 1.807) is 0 Å². The van der Waals surface area contributed by atoms with Gasteiger partial charge in [-0.2, -0.15) is 0 Å². The summed E-state index contributed by atoms with van der Waals surface area (Å²) in [6.45, 7) is 6.22. The summed E-state index contributed by atoms with van der Waals surface area (Å²) in [5.74, 6) is 0.563. The van der Waals surface area contributed by atoms with Crippen molar-refractivity contribution in [2.24, 2.45) is 0 Å². The summed E-state index contributed by atoms with van der Waals surface area (Å²) in [6, 6.07) is 15.5. The number of methoxy groups -OCH3 is 1. The van der Waals surface area contributed by atoms with Gasteiger partial charge in [0.05, 0.1) is 13.2 Å². The fraction of sp³-hybridized carbons (Fsp3) is 0.409. The summed E-state index contributed by atoms with van der Waals surface area (Å²) < 4.78 is 15.8. The van der Waals surface area contributed by atoms with E-state index in [1.807, 2.05) is 55.5 Å². The Kier molecular flexibility index (Phi) is 11.7. The Morgan fingerprint density at radius 2 is 1.83 bits per heavy atom. The van der Waals surface area contributed by atoms with E-state index in [4.69, 9.17) is 21.1 Å². The fourth-order valence-corrected chi connectivity index (χ4v) is 3.02. The summed E-state index contributed by atoms with van der Waals surface area (Å²) in [7, 11) is 1.34. The Bertz CT molecular complexity index is 740. The van der Waals surface area contributed by atoms with Gasteiger partial charge < -0.3 is 19.5 Å². The Morgan fingerprint density at radius 3 is 2.45 bits per heavy atom. The third-order valence-corrected chi connectivity index (χ3v) is 4.64. The molecule has 2 aromatic carbocycles. The molecule has 160 valence electrons. The number of benzene rings is 2. The zero-order valence-corrected chi connectivity index (χ0v) is 18.6. The first-order chi connectivity index (χ1) is 13.5. The van der Waals surface area contributed by atoms with Crippen molar-refractivity contribution in [3.05, 3.63) is 64.7 Å². The van der Waals surface area contributed by atoms with E-state index in [0.29, 0.717) is 29.8 Å². The second-order valence-electron chi connectivity index (χ2n) is 6.49. The molecule has 0 saturated carbocycles. The van der Waals surface area contributed by atoms with Gasteiger partial charge in [-0.1, -0.05) is 42.8 Å². The first-order valence-corrected chi connectivity index (χ1v) is 9.78. The highest BCUT2D eigenvalue weighted by Gasteiger charge is 2.13. The average Bonchev–Trinajstić information content (AvgIpc) is 2.71. The van der Waals surface area contributed by atoms with Gasteiger partial charge in [0.2, 0.25) is 0 Å². The highest BCUT2D eigenvalue weighted by Crippen LogP contribution is 2.22. The third kappa shape index (κ3) is 8.62. The van der Waals surface area contributed by atoms with Gasteiger partial charge >= 0.3 is 5.97 Å². The molecule has 0 spiro atoms. The molecule has 29 heavy (non-hydrogen) atoms. The molecule has 2 unspecified atom stereocenters. The predicted octanol–water partition coefficient (Wildman–Crippen LogP) is 4.78. The second kappa shape index (κ2) is 13.4. The molecule has 0 heterocycles. The molecule has 0 bridgehead atoms. The third-order valence-electron chi connectivity index (χ3n) is 4.40. The first kappa shape index (κ1) is 25.2. The van der Waals surface area contributed by atoms with Crippen molar-refractivity contribution in [1.82, 2.24) is 5.32 Å². The maximum atomic E-state index is 11.1. The monoisotopic (exact) mass is 441 g/mol. The van der Waals surface area contributed by atoms with Crippen LogP contribution >= 0.6 is 24.0 Å². The van der Waals surface area contributed by atoms with Crippen LogP contribution in [0.2, 0.25) is 5.02 Å². The van der Waals surface area contributed by atoms with Crippen LogP contribution in [0.15, 0.2) is 48.5 Å². The molecule has 0 aliphatic rings. The van der Waals surface area contributed by atoms with Crippen molar-refractivity contribution in [3.63, 3.8) is 0 Å². The molecule has 0 saturated heterocycles. The van der Waals surface area contributed by atoms with Crippen molar-refractivity contribution in [1.29, 1.82) is 0 Å². The Hall–Kier alpha value is -1.79. The van der Waals surface area contributed by atoms with E-state index in [1.165, 1.54) is 12.7 Å². The van der Waals surface area contributed by atoms with Crippen LogP contribution < -0.4 is 10.1 Å². The minimum absolute atomic E-state index is 0. The predicted molar refractivity (Wildman–Crippen MR) is 118 cm³/mol. The van der Waals surface area contributed by atoms with Gasteiger partial charge in [0.25, 0.3) is 0 Å². The van der Waals surface area contributed by atoms with Gasteiger partial charge in [-0.15, -0.1) is 12.4 Å². The second-order valence-corrected chi connectivity index (χ2v) is 6.93. The quantitative estimate of drug-likeness (QED) is 0.508. The zero-order chi connectivity index (χ0) is 20.4. The normalized spacial score (nSPS) is 12.6. The summed E-state index contributed by atoms with van der Waals surface area (Å²) in [5.41, 5.74) is 2.26. The number of carbonyl (C=O) groups excluding carboxylic acids is 1. The topological polar surface area (TPSA) is 56.8 Å². The lowest BCUT2D eigenvalue weighted by Gasteiger charge is -2.20. The lowest BCUT2D eigenvalue weighted by molar-refractivity contribution is -0.142. The summed E-state index contributed by atoms with van der Waals surface area (Å²) in [5, 5.41) is 4.20. The Morgan fingerprint density at radius 1 is 1.10 bits per heavy atom. The molecule has 5 nitrogen and oxygen atoms in total. The van der Waals surface area contributed by atoms with Crippen LogP contribution in [0, 0.1) is 0 Å². The number of carbonyl (C=O) groups is 1. The molecule has 0 aromatic heterocycles. The standard InChI is InChI=1S/C22H28ClNO4.ClH/c1-4-27-21(18-6-5-7-19(23)12-18)14-24-13-16(2)17-8-10-20(11-9-17)28-15-22(25)26-3;/h5-12,16,21,24H,4,13-15H2,1-3H3;1H. The molecule has 0 aliphatic carbocycles. The maximum absolute atomic E-state index is 11.1. The van der Waals surface area contributed by atoms with Crippen LogP contribution in [-0.4, -0.2) is 39.4 Å². The summed E-state index contributed by atoms with van der Waals surface area (Å²) in [4.78, 5) is 11.1. The molecule has 2 rings (SSSR count). The molecule has 0 aliphatic heterocycles. The van der Waals surface area contributed by atoms with Crippen molar-refractivity contribution in [3.8, 4) is 5.75 Å². The number of hydrogen-bond donors (Lipinski definition) is 1. The van der Waals surface area contributed by atoms with Gasteiger partial charge in [0.1, 0.15) is 5.75 Å². The van der Waals surface area contributed by atoms with Gasteiger partial charge in [-0.05, 0) is 48.2 Å². The number of ether oxygens (including phenoxy) is 3. The average molecular weight is 442 g/mol. The Balaban J connectivity index is 0.00000420. The molecule has 2 atom stereocenters. The minimum atomic E-state index is -0.398. The van der Waals surface area contributed by atoms with Crippen molar-refractivity contribution >= 4 is 30.0 Å². The number of esters is 1. The SMILES string of the molecule is CCOC(CNCC(C)c1ccc(OCC(=O)OC)cc1)c1cccc(Cl)c1.Cl. The van der Waals surface area contributed by atoms with Gasteiger partial charge in [0.15, 0.2) is 6.61 Å². The lowest BCUT2D eigenvalue weighted by Crippen LogP contribution is -2.27. The number of rotatable bonds is 11. The van der Waals surface area contributed by atoms with Gasteiger partial charge in [-0.25, -0.2) is 4.79 Å². The molecule has 0 radical (unpaired) electrons. The maximum Gasteiger partial charge on any atom is 0.343 e. The smallest absolute Gasteiger partial charge is 0.343 e. The van der Waals surface area contributed by atoms with Crippen LogP contribution in [0.1, 0.15) is 37.0 Å². The van der Waals surface area contributed by atoms with E-state index in [0.717, 1.165) is 12.1 Å². The molecule has 7 heteroatoms. The largest absolute Gasteiger partial charge is 0.482 e. The molecular formula is C22H29Cl2NO4.